The fraction of sp³-hybridized carbons (Fsp3) is 0.769. The summed E-state index contributed by atoms with van der Waals surface area (Å²) >= 11 is 3.59. The number of aromatic nitrogens is 2. The van der Waals surface area contributed by atoms with Gasteiger partial charge in [0.2, 0.25) is 0 Å². The molecule has 1 aromatic heterocycles. The molecule has 0 aromatic carbocycles. The molecule has 92 valence electrons. The Hall–Kier alpha value is -0.310. The lowest BCUT2D eigenvalue weighted by molar-refractivity contribution is 0.464. The third kappa shape index (κ3) is 3.93. The molecule has 0 saturated carbocycles. The SMILES string of the molecule is CCCC(CBr)Cc1ccn(C(C)CC)n1. The zero-order chi connectivity index (χ0) is 12.0. The van der Waals surface area contributed by atoms with Gasteiger partial charge in [-0.1, -0.05) is 36.2 Å². The molecule has 0 aliphatic rings. The number of halogens is 1. The summed E-state index contributed by atoms with van der Waals surface area (Å²) in [7, 11) is 0. The van der Waals surface area contributed by atoms with Crippen molar-refractivity contribution in [1.82, 2.24) is 9.78 Å². The monoisotopic (exact) mass is 286 g/mol. The van der Waals surface area contributed by atoms with Crippen molar-refractivity contribution in [1.29, 1.82) is 0 Å². The number of rotatable bonds is 7. The van der Waals surface area contributed by atoms with E-state index in [1.54, 1.807) is 0 Å². The zero-order valence-electron chi connectivity index (χ0n) is 10.6. The Morgan fingerprint density at radius 1 is 1.44 bits per heavy atom. The van der Waals surface area contributed by atoms with E-state index < -0.39 is 0 Å². The summed E-state index contributed by atoms with van der Waals surface area (Å²) < 4.78 is 2.09. The van der Waals surface area contributed by atoms with Crippen LogP contribution in [0.3, 0.4) is 0 Å². The normalized spacial score (nSPS) is 15.0. The smallest absolute Gasteiger partial charge is 0.0627 e. The van der Waals surface area contributed by atoms with E-state index >= 15 is 0 Å². The second-order valence-electron chi connectivity index (χ2n) is 4.56. The maximum atomic E-state index is 4.65. The summed E-state index contributed by atoms with van der Waals surface area (Å²) in [4.78, 5) is 0. The first kappa shape index (κ1) is 13.8. The molecule has 0 saturated heterocycles. The van der Waals surface area contributed by atoms with Crippen molar-refractivity contribution in [2.24, 2.45) is 5.92 Å². The van der Waals surface area contributed by atoms with Crippen molar-refractivity contribution in [3.8, 4) is 0 Å². The third-order valence-corrected chi connectivity index (χ3v) is 4.03. The van der Waals surface area contributed by atoms with E-state index in [4.69, 9.17) is 0 Å². The molecule has 1 rings (SSSR count). The number of alkyl halides is 1. The Bertz CT molecular complexity index is 296. The van der Waals surface area contributed by atoms with E-state index in [-0.39, 0.29) is 0 Å². The van der Waals surface area contributed by atoms with Crippen LogP contribution in [0.15, 0.2) is 12.3 Å². The molecular weight excluding hydrogens is 264 g/mol. The first-order valence-electron chi connectivity index (χ1n) is 6.31. The van der Waals surface area contributed by atoms with Crippen LogP contribution in [0, 0.1) is 5.92 Å². The maximum absolute atomic E-state index is 4.65. The predicted octanol–water partition coefficient (Wildman–Crippen LogP) is 4.21. The Kier molecular flexibility index (Phi) is 6.10. The minimum atomic E-state index is 0.516. The molecule has 0 fully saturated rings. The fourth-order valence-electron chi connectivity index (χ4n) is 1.86. The molecular formula is C13H23BrN2. The van der Waals surface area contributed by atoms with Gasteiger partial charge in [0.05, 0.1) is 5.69 Å². The van der Waals surface area contributed by atoms with E-state index in [1.807, 2.05) is 0 Å². The van der Waals surface area contributed by atoms with Crippen LogP contribution in [0.25, 0.3) is 0 Å². The number of hydrogen-bond donors (Lipinski definition) is 0. The van der Waals surface area contributed by atoms with Gasteiger partial charge in [-0.15, -0.1) is 0 Å². The summed E-state index contributed by atoms with van der Waals surface area (Å²) in [5, 5.41) is 5.73. The highest BCUT2D eigenvalue weighted by Gasteiger charge is 2.10. The third-order valence-electron chi connectivity index (χ3n) is 3.12. The van der Waals surface area contributed by atoms with Crippen molar-refractivity contribution in [2.45, 2.75) is 52.5 Å². The van der Waals surface area contributed by atoms with Gasteiger partial charge in [0.15, 0.2) is 0 Å². The predicted molar refractivity (Wildman–Crippen MR) is 73.1 cm³/mol. The first-order valence-corrected chi connectivity index (χ1v) is 7.43. The van der Waals surface area contributed by atoms with Gasteiger partial charge < -0.3 is 0 Å². The van der Waals surface area contributed by atoms with E-state index in [9.17, 15) is 0 Å². The van der Waals surface area contributed by atoms with Crippen LogP contribution in [0.4, 0.5) is 0 Å². The van der Waals surface area contributed by atoms with E-state index in [0.717, 1.165) is 24.1 Å². The van der Waals surface area contributed by atoms with E-state index in [2.05, 4.69) is 58.7 Å². The molecule has 0 aliphatic heterocycles. The van der Waals surface area contributed by atoms with E-state index in [0.29, 0.717) is 6.04 Å². The largest absolute Gasteiger partial charge is 0.270 e. The van der Waals surface area contributed by atoms with Crippen LogP contribution in [0.5, 0.6) is 0 Å². The summed E-state index contributed by atoms with van der Waals surface area (Å²) in [6, 6.07) is 2.68. The standard InChI is InChI=1S/C13H23BrN2/c1-4-6-12(10-14)9-13-7-8-16(15-13)11(3)5-2/h7-8,11-12H,4-6,9-10H2,1-3H3. The highest BCUT2D eigenvalue weighted by atomic mass is 79.9. The lowest BCUT2D eigenvalue weighted by Gasteiger charge is -2.11. The average Bonchev–Trinajstić information content (AvgIpc) is 2.76. The van der Waals surface area contributed by atoms with Gasteiger partial charge in [0.1, 0.15) is 0 Å². The second-order valence-corrected chi connectivity index (χ2v) is 5.20. The lowest BCUT2D eigenvalue weighted by atomic mass is 10.0. The molecule has 1 aromatic rings. The zero-order valence-corrected chi connectivity index (χ0v) is 12.2. The first-order chi connectivity index (χ1) is 7.71. The van der Waals surface area contributed by atoms with Crippen molar-refractivity contribution in [2.75, 3.05) is 5.33 Å². The van der Waals surface area contributed by atoms with Crippen LogP contribution >= 0.6 is 15.9 Å². The van der Waals surface area contributed by atoms with Gasteiger partial charge in [-0.25, -0.2) is 0 Å². The molecule has 0 bridgehead atoms. The van der Waals surface area contributed by atoms with Gasteiger partial charge in [-0.05, 0) is 38.2 Å². The molecule has 2 unspecified atom stereocenters. The summed E-state index contributed by atoms with van der Waals surface area (Å²) in [6.07, 6.45) is 6.88. The summed E-state index contributed by atoms with van der Waals surface area (Å²) in [6.45, 7) is 6.66. The minimum absolute atomic E-state index is 0.516. The maximum Gasteiger partial charge on any atom is 0.0627 e. The fourth-order valence-corrected chi connectivity index (χ4v) is 2.41. The Balaban J connectivity index is 2.56. The Morgan fingerprint density at radius 2 is 2.19 bits per heavy atom. The molecule has 1 heterocycles. The lowest BCUT2D eigenvalue weighted by Crippen LogP contribution is -2.08. The van der Waals surface area contributed by atoms with E-state index in [1.165, 1.54) is 18.5 Å². The van der Waals surface area contributed by atoms with Gasteiger partial charge in [0, 0.05) is 17.6 Å². The topological polar surface area (TPSA) is 17.8 Å². The summed E-state index contributed by atoms with van der Waals surface area (Å²) in [5.41, 5.74) is 1.23. The average molecular weight is 287 g/mol. The Labute approximate surface area is 108 Å². The molecule has 0 spiro atoms. The van der Waals surface area contributed by atoms with Crippen molar-refractivity contribution < 1.29 is 0 Å². The molecule has 2 nitrogen and oxygen atoms in total. The molecule has 0 amide bonds. The summed E-state index contributed by atoms with van der Waals surface area (Å²) in [5.74, 6) is 0.727. The highest BCUT2D eigenvalue weighted by molar-refractivity contribution is 9.09. The van der Waals surface area contributed by atoms with Crippen LogP contribution in [0.2, 0.25) is 0 Å². The van der Waals surface area contributed by atoms with Crippen molar-refractivity contribution in [3.63, 3.8) is 0 Å². The van der Waals surface area contributed by atoms with Crippen LogP contribution in [-0.2, 0) is 6.42 Å². The molecule has 16 heavy (non-hydrogen) atoms. The van der Waals surface area contributed by atoms with Gasteiger partial charge in [-0.2, -0.15) is 5.10 Å². The van der Waals surface area contributed by atoms with Crippen molar-refractivity contribution in [3.05, 3.63) is 18.0 Å². The molecule has 2 atom stereocenters. The number of hydrogen-bond acceptors (Lipinski definition) is 1. The second kappa shape index (κ2) is 7.10. The quantitative estimate of drug-likeness (QED) is 0.687. The highest BCUT2D eigenvalue weighted by Crippen LogP contribution is 2.17. The Morgan fingerprint density at radius 3 is 2.75 bits per heavy atom. The molecule has 0 aliphatic carbocycles. The van der Waals surface area contributed by atoms with Crippen LogP contribution in [-0.4, -0.2) is 15.1 Å². The molecule has 3 heteroatoms. The van der Waals surface area contributed by atoms with Gasteiger partial charge >= 0.3 is 0 Å². The van der Waals surface area contributed by atoms with Crippen molar-refractivity contribution >= 4 is 15.9 Å². The minimum Gasteiger partial charge on any atom is -0.270 e. The van der Waals surface area contributed by atoms with Gasteiger partial charge in [0.25, 0.3) is 0 Å². The van der Waals surface area contributed by atoms with Crippen LogP contribution in [0.1, 0.15) is 51.8 Å². The van der Waals surface area contributed by atoms with Gasteiger partial charge in [-0.3, -0.25) is 4.68 Å². The molecule has 0 radical (unpaired) electrons. The molecule has 0 N–H and O–H groups in total. The van der Waals surface area contributed by atoms with Crippen LogP contribution < -0.4 is 0 Å². The number of nitrogens with zero attached hydrogens (tertiary/aromatic N) is 2.